The van der Waals surface area contributed by atoms with Crippen LogP contribution in [0.15, 0.2) is 42.5 Å². The van der Waals surface area contributed by atoms with Crippen LogP contribution in [0.1, 0.15) is 42.8 Å². The number of carbonyl (C=O) groups is 1. The Morgan fingerprint density at radius 2 is 2.13 bits per heavy atom. The highest BCUT2D eigenvalue weighted by Gasteiger charge is 2.26. The lowest BCUT2D eigenvalue weighted by Crippen LogP contribution is -2.36. The average molecular weight is 408 g/mol. The molecule has 2 unspecified atom stereocenters. The van der Waals surface area contributed by atoms with Gasteiger partial charge in [0.2, 0.25) is 5.91 Å². The second-order valence-corrected chi connectivity index (χ2v) is 7.96. The summed E-state index contributed by atoms with van der Waals surface area (Å²) in [5.41, 5.74) is 4.25. The molecule has 1 aliphatic rings. The summed E-state index contributed by atoms with van der Waals surface area (Å²) in [6.07, 6.45) is 1.36. The summed E-state index contributed by atoms with van der Waals surface area (Å²) >= 11 is 0. The molecule has 0 radical (unpaired) electrons. The van der Waals surface area contributed by atoms with Gasteiger partial charge in [-0.15, -0.1) is 0 Å². The predicted octanol–water partition coefficient (Wildman–Crippen LogP) is 4.09. The molecule has 1 fully saturated rings. The zero-order valence-electron chi connectivity index (χ0n) is 17.9. The number of aromatic nitrogens is 2. The van der Waals surface area contributed by atoms with Crippen molar-refractivity contribution in [3.63, 3.8) is 0 Å². The van der Waals surface area contributed by atoms with Crippen LogP contribution in [0.2, 0.25) is 0 Å². The molecule has 2 atom stereocenters. The zero-order chi connectivity index (χ0) is 21.1. The molecule has 1 amide bonds. The maximum atomic E-state index is 12.5. The average Bonchev–Trinajstić information content (AvgIpc) is 3.39. The monoisotopic (exact) mass is 407 g/mol. The Balaban J connectivity index is 1.52. The summed E-state index contributed by atoms with van der Waals surface area (Å²) in [5.74, 6) is 1.66. The van der Waals surface area contributed by atoms with Crippen molar-refractivity contribution in [1.82, 2.24) is 14.9 Å². The minimum absolute atomic E-state index is 0.0646. The molecular formula is C24H29N3O3. The normalized spacial score (nSPS) is 17.2. The zero-order valence-corrected chi connectivity index (χ0v) is 17.9. The first-order chi connectivity index (χ1) is 14.5. The Hall–Kier alpha value is -2.86. The van der Waals surface area contributed by atoms with Crippen LogP contribution >= 0.6 is 0 Å². The molecule has 0 saturated carbocycles. The Bertz CT molecular complexity index is 1040. The van der Waals surface area contributed by atoms with E-state index in [0.29, 0.717) is 19.8 Å². The van der Waals surface area contributed by atoms with E-state index in [1.54, 1.807) is 0 Å². The van der Waals surface area contributed by atoms with Gasteiger partial charge in [0.25, 0.3) is 0 Å². The lowest BCUT2D eigenvalue weighted by molar-refractivity contribution is -0.130. The number of para-hydroxylation sites is 2. The van der Waals surface area contributed by atoms with Crippen molar-refractivity contribution in [1.29, 1.82) is 0 Å². The molecule has 1 aliphatic heterocycles. The first-order valence-corrected chi connectivity index (χ1v) is 10.6. The molecule has 1 aromatic heterocycles. The molecule has 6 nitrogen and oxygen atoms in total. The van der Waals surface area contributed by atoms with Crippen LogP contribution in [0.4, 0.5) is 0 Å². The lowest BCUT2D eigenvalue weighted by Gasteiger charge is -2.19. The molecule has 30 heavy (non-hydrogen) atoms. The van der Waals surface area contributed by atoms with E-state index >= 15 is 0 Å². The third kappa shape index (κ3) is 4.33. The van der Waals surface area contributed by atoms with Crippen molar-refractivity contribution < 1.29 is 14.3 Å². The largest absolute Gasteiger partial charge is 0.491 e. The van der Waals surface area contributed by atoms with E-state index in [2.05, 4.69) is 48.0 Å². The quantitative estimate of drug-likeness (QED) is 0.641. The second kappa shape index (κ2) is 8.88. The highest BCUT2D eigenvalue weighted by molar-refractivity contribution is 5.81. The van der Waals surface area contributed by atoms with Crippen molar-refractivity contribution >= 4 is 16.9 Å². The number of imidazole rings is 1. The number of hydrogen-bond acceptors (Lipinski definition) is 4. The number of amides is 1. The summed E-state index contributed by atoms with van der Waals surface area (Å²) < 4.78 is 13.7. The van der Waals surface area contributed by atoms with Gasteiger partial charge in [-0.25, -0.2) is 4.98 Å². The maximum absolute atomic E-state index is 12.5. The molecular weight excluding hydrogens is 378 g/mol. The van der Waals surface area contributed by atoms with Gasteiger partial charge in [-0.3, -0.25) is 4.79 Å². The smallest absolute Gasteiger partial charge is 0.249 e. The number of rotatable bonds is 7. The number of hydrogen-bond donors (Lipinski definition) is 1. The van der Waals surface area contributed by atoms with E-state index < -0.39 is 0 Å². The molecule has 1 N–H and O–H groups in total. The van der Waals surface area contributed by atoms with E-state index in [-0.39, 0.29) is 18.1 Å². The molecule has 0 aliphatic carbocycles. The van der Waals surface area contributed by atoms with Gasteiger partial charge in [0.05, 0.1) is 23.6 Å². The fraction of sp³-hybridized carbons (Fsp3) is 0.417. The number of aryl methyl sites for hydroxylation is 2. The molecule has 0 spiro atoms. The number of nitrogens with zero attached hydrogens (tertiary/aromatic N) is 2. The third-order valence-corrected chi connectivity index (χ3v) is 5.57. The van der Waals surface area contributed by atoms with Crippen LogP contribution in [0.3, 0.4) is 0 Å². The van der Waals surface area contributed by atoms with Crippen LogP contribution in [0.5, 0.6) is 5.75 Å². The number of carbonyl (C=O) groups excluding carboxylic acids is 1. The van der Waals surface area contributed by atoms with E-state index in [1.807, 2.05) is 25.1 Å². The minimum Gasteiger partial charge on any atom is -0.491 e. The third-order valence-electron chi connectivity index (χ3n) is 5.57. The van der Waals surface area contributed by atoms with Crippen molar-refractivity contribution in [2.24, 2.45) is 0 Å². The first-order valence-electron chi connectivity index (χ1n) is 10.6. The molecule has 3 aromatic rings. The molecule has 158 valence electrons. The predicted molar refractivity (Wildman–Crippen MR) is 117 cm³/mol. The summed E-state index contributed by atoms with van der Waals surface area (Å²) in [7, 11) is 0. The van der Waals surface area contributed by atoms with E-state index in [9.17, 15) is 4.79 Å². The number of ether oxygens (including phenoxy) is 2. The summed E-state index contributed by atoms with van der Waals surface area (Å²) in [6.45, 7) is 7.89. The second-order valence-electron chi connectivity index (χ2n) is 7.96. The maximum Gasteiger partial charge on any atom is 0.249 e. The van der Waals surface area contributed by atoms with Gasteiger partial charge in [0.1, 0.15) is 24.3 Å². The van der Waals surface area contributed by atoms with Gasteiger partial charge < -0.3 is 19.4 Å². The molecule has 4 rings (SSSR count). The Kier molecular flexibility index (Phi) is 6.04. The summed E-state index contributed by atoms with van der Waals surface area (Å²) in [4.78, 5) is 17.3. The minimum atomic E-state index is -0.349. The first kappa shape index (κ1) is 20.4. The number of benzene rings is 2. The van der Waals surface area contributed by atoms with Crippen molar-refractivity contribution in [3.05, 3.63) is 59.4 Å². The summed E-state index contributed by atoms with van der Waals surface area (Å²) in [6, 6.07) is 14.0. The standard InChI is InChI=1S/C24H29N3O3/c1-16-10-11-17(2)22(15-16)30-14-12-27-20-8-5-4-7-19(20)26-23(27)18(3)25-24(28)21-9-6-13-29-21/h4-5,7-8,10-11,15,18,21H,6,9,12-14H2,1-3H3,(H,25,28). The van der Waals surface area contributed by atoms with E-state index in [4.69, 9.17) is 14.5 Å². The summed E-state index contributed by atoms with van der Waals surface area (Å²) in [5, 5.41) is 3.08. The highest BCUT2D eigenvalue weighted by atomic mass is 16.5. The van der Waals surface area contributed by atoms with Crippen molar-refractivity contribution in [2.45, 2.75) is 52.3 Å². The van der Waals surface area contributed by atoms with Crippen LogP contribution in [-0.4, -0.2) is 34.8 Å². The Labute approximate surface area is 177 Å². The van der Waals surface area contributed by atoms with Crippen molar-refractivity contribution in [2.75, 3.05) is 13.2 Å². The van der Waals surface area contributed by atoms with Gasteiger partial charge in [0, 0.05) is 6.61 Å². The van der Waals surface area contributed by atoms with Gasteiger partial charge in [-0.2, -0.15) is 0 Å². The fourth-order valence-electron chi connectivity index (χ4n) is 3.92. The van der Waals surface area contributed by atoms with E-state index in [1.165, 1.54) is 5.56 Å². The van der Waals surface area contributed by atoms with Gasteiger partial charge in [0.15, 0.2) is 0 Å². The van der Waals surface area contributed by atoms with Crippen LogP contribution in [-0.2, 0) is 16.1 Å². The van der Waals surface area contributed by atoms with Gasteiger partial charge in [-0.05, 0) is 62.9 Å². The fourth-order valence-corrected chi connectivity index (χ4v) is 3.92. The molecule has 6 heteroatoms. The molecule has 0 bridgehead atoms. The van der Waals surface area contributed by atoms with Crippen LogP contribution in [0, 0.1) is 13.8 Å². The van der Waals surface area contributed by atoms with Gasteiger partial charge >= 0.3 is 0 Å². The topological polar surface area (TPSA) is 65.4 Å². The lowest BCUT2D eigenvalue weighted by atomic mass is 10.1. The Morgan fingerprint density at radius 3 is 2.93 bits per heavy atom. The van der Waals surface area contributed by atoms with E-state index in [0.717, 1.165) is 41.0 Å². The Morgan fingerprint density at radius 1 is 1.30 bits per heavy atom. The molecule has 1 saturated heterocycles. The van der Waals surface area contributed by atoms with Gasteiger partial charge in [-0.1, -0.05) is 24.3 Å². The number of fused-ring (bicyclic) bond motifs is 1. The highest BCUT2D eigenvalue weighted by Crippen LogP contribution is 2.23. The van der Waals surface area contributed by atoms with Crippen molar-refractivity contribution in [3.8, 4) is 5.75 Å². The SMILES string of the molecule is Cc1ccc(C)c(OCCn2c(C(C)NC(=O)C3CCCO3)nc3ccccc32)c1. The molecule has 2 heterocycles. The van der Waals surface area contributed by atoms with Crippen LogP contribution < -0.4 is 10.1 Å². The molecule has 2 aromatic carbocycles. The number of nitrogens with one attached hydrogen (secondary N) is 1. The van der Waals surface area contributed by atoms with Crippen LogP contribution in [0.25, 0.3) is 11.0 Å².